The average molecular weight is 269 g/mol. The second kappa shape index (κ2) is 7.82. The Balaban J connectivity index is 1.55. The smallest absolute Gasteiger partial charge is 0.234 e. The first kappa shape index (κ1) is 14.8. The lowest BCUT2D eigenvalue weighted by atomic mass is 9.98. The quantitative estimate of drug-likeness (QED) is 0.749. The van der Waals surface area contributed by atoms with Crippen molar-refractivity contribution in [1.82, 2.24) is 15.5 Å². The summed E-state index contributed by atoms with van der Waals surface area (Å²) in [5, 5.41) is 6.37. The van der Waals surface area contributed by atoms with E-state index in [4.69, 9.17) is 4.74 Å². The number of nitrogens with one attached hydrogen (secondary N) is 2. The third-order valence-electron chi connectivity index (χ3n) is 4.03. The van der Waals surface area contributed by atoms with E-state index in [1.807, 2.05) is 0 Å². The standard InChI is InChI=1S/C14H27N3O2/c1-17-6-2-3-12(11-17)9-15-10-14(18)16-13-4-7-19-8-5-13/h12-13,15H,2-11H2,1H3,(H,16,18). The van der Waals surface area contributed by atoms with Crippen molar-refractivity contribution in [3.05, 3.63) is 0 Å². The molecule has 2 aliphatic heterocycles. The van der Waals surface area contributed by atoms with Gasteiger partial charge >= 0.3 is 0 Å². The lowest BCUT2D eigenvalue weighted by Gasteiger charge is -2.29. The van der Waals surface area contributed by atoms with Crippen LogP contribution in [0.3, 0.4) is 0 Å². The van der Waals surface area contributed by atoms with E-state index in [0.717, 1.165) is 39.1 Å². The van der Waals surface area contributed by atoms with Crippen molar-refractivity contribution in [3.8, 4) is 0 Å². The molecule has 2 fully saturated rings. The van der Waals surface area contributed by atoms with Gasteiger partial charge in [0.25, 0.3) is 0 Å². The van der Waals surface area contributed by atoms with Crippen LogP contribution in [0.5, 0.6) is 0 Å². The zero-order valence-electron chi connectivity index (χ0n) is 12.0. The Morgan fingerprint density at radius 2 is 2.11 bits per heavy atom. The van der Waals surface area contributed by atoms with Crippen LogP contribution in [-0.4, -0.2) is 63.3 Å². The average Bonchev–Trinajstić information content (AvgIpc) is 2.40. The molecule has 0 bridgehead atoms. The zero-order valence-corrected chi connectivity index (χ0v) is 12.0. The van der Waals surface area contributed by atoms with Gasteiger partial charge in [0, 0.05) is 25.8 Å². The van der Waals surface area contributed by atoms with Gasteiger partial charge in [0.05, 0.1) is 6.54 Å². The number of rotatable bonds is 5. The molecule has 2 saturated heterocycles. The second-order valence-electron chi connectivity index (χ2n) is 5.86. The highest BCUT2D eigenvalue weighted by atomic mass is 16.5. The normalized spacial score (nSPS) is 26.3. The second-order valence-corrected chi connectivity index (χ2v) is 5.86. The summed E-state index contributed by atoms with van der Waals surface area (Å²) in [4.78, 5) is 14.2. The molecule has 0 aromatic rings. The fraction of sp³-hybridized carbons (Fsp3) is 0.929. The molecule has 0 aliphatic carbocycles. The molecule has 0 spiro atoms. The Morgan fingerprint density at radius 1 is 1.32 bits per heavy atom. The molecule has 19 heavy (non-hydrogen) atoms. The first-order chi connectivity index (χ1) is 9.24. The summed E-state index contributed by atoms with van der Waals surface area (Å²) in [6, 6.07) is 0.309. The Labute approximate surface area is 116 Å². The van der Waals surface area contributed by atoms with E-state index >= 15 is 0 Å². The molecule has 1 unspecified atom stereocenters. The summed E-state index contributed by atoms with van der Waals surface area (Å²) in [6.07, 6.45) is 4.44. The van der Waals surface area contributed by atoms with E-state index in [2.05, 4.69) is 22.6 Å². The lowest BCUT2D eigenvalue weighted by molar-refractivity contribution is -0.121. The topological polar surface area (TPSA) is 53.6 Å². The van der Waals surface area contributed by atoms with Gasteiger partial charge in [-0.2, -0.15) is 0 Å². The van der Waals surface area contributed by atoms with Crippen LogP contribution in [0.1, 0.15) is 25.7 Å². The molecule has 5 nitrogen and oxygen atoms in total. The van der Waals surface area contributed by atoms with Gasteiger partial charge in [0.2, 0.25) is 5.91 Å². The Bertz CT molecular complexity index is 280. The summed E-state index contributed by atoms with van der Waals surface area (Å²) >= 11 is 0. The van der Waals surface area contributed by atoms with E-state index in [1.54, 1.807) is 0 Å². The summed E-state index contributed by atoms with van der Waals surface area (Å²) in [5.74, 6) is 0.811. The Morgan fingerprint density at radius 3 is 2.84 bits per heavy atom. The van der Waals surface area contributed by atoms with Gasteiger partial charge in [0.1, 0.15) is 0 Å². The van der Waals surface area contributed by atoms with Crippen molar-refractivity contribution < 1.29 is 9.53 Å². The molecule has 2 aliphatic rings. The molecule has 1 amide bonds. The van der Waals surface area contributed by atoms with Crippen molar-refractivity contribution in [3.63, 3.8) is 0 Å². The molecule has 1 atom stereocenters. The number of carbonyl (C=O) groups is 1. The first-order valence-corrected chi connectivity index (χ1v) is 7.50. The molecule has 0 aromatic carbocycles. The zero-order chi connectivity index (χ0) is 13.5. The SMILES string of the molecule is CN1CCCC(CNCC(=O)NC2CCOCC2)C1. The predicted molar refractivity (Wildman–Crippen MR) is 75.1 cm³/mol. The van der Waals surface area contributed by atoms with Crippen LogP contribution in [0.2, 0.25) is 0 Å². The monoisotopic (exact) mass is 269 g/mol. The van der Waals surface area contributed by atoms with Gasteiger partial charge in [-0.1, -0.05) is 0 Å². The van der Waals surface area contributed by atoms with Crippen molar-refractivity contribution >= 4 is 5.91 Å². The fourth-order valence-corrected chi connectivity index (χ4v) is 2.95. The molecule has 0 aromatic heterocycles. The lowest BCUT2D eigenvalue weighted by Crippen LogP contribution is -2.44. The minimum absolute atomic E-state index is 0.121. The van der Waals surface area contributed by atoms with Gasteiger partial charge in [-0.15, -0.1) is 0 Å². The molecule has 110 valence electrons. The van der Waals surface area contributed by atoms with E-state index in [1.165, 1.54) is 19.4 Å². The number of piperidine rings is 1. The van der Waals surface area contributed by atoms with Gasteiger partial charge in [-0.3, -0.25) is 4.79 Å². The number of nitrogens with zero attached hydrogens (tertiary/aromatic N) is 1. The maximum absolute atomic E-state index is 11.8. The maximum atomic E-state index is 11.8. The van der Waals surface area contributed by atoms with E-state index in [0.29, 0.717) is 18.5 Å². The van der Waals surface area contributed by atoms with Crippen LogP contribution in [0, 0.1) is 5.92 Å². The van der Waals surface area contributed by atoms with E-state index in [-0.39, 0.29) is 5.91 Å². The number of hydrogen-bond donors (Lipinski definition) is 2. The van der Waals surface area contributed by atoms with Crippen LogP contribution in [0.25, 0.3) is 0 Å². The van der Waals surface area contributed by atoms with Crippen molar-refractivity contribution in [2.45, 2.75) is 31.7 Å². The van der Waals surface area contributed by atoms with Crippen molar-refractivity contribution in [2.75, 3.05) is 46.4 Å². The number of carbonyl (C=O) groups excluding carboxylic acids is 1. The molecule has 2 rings (SSSR count). The molecule has 0 radical (unpaired) electrons. The molecule has 2 heterocycles. The molecular formula is C14H27N3O2. The number of ether oxygens (including phenoxy) is 1. The number of amides is 1. The Kier molecular flexibility index (Phi) is 6.07. The molecular weight excluding hydrogens is 242 g/mol. The van der Waals surface area contributed by atoms with Crippen molar-refractivity contribution in [1.29, 1.82) is 0 Å². The van der Waals surface area contributed by atoms with Crippen molar-refractivity contribution in [2.24, 2.45) is 5.92 Å². The Hall–Kier alpha value is -0.650. The predicted octanol–water partition coefficient (Wildman–Crippen LogP) is 0.213. The van der Waals surface area contributed by atoms with Crippen LogP contribution in [0.15, 0.2) is 0 Å². The van der Waals surface area contributed by atoms with E-state index in [9.17, 15) is 4.79 Å². The summed E-state index contributed by atoms with van der Waals surface area (Å²) in [6.45, 7) is 5.29. The van der Waals surface area contributed by atoms with Crippen LogP contribution >= 0.6 is 0 Å². The molecule has 0 saturated carbocycles. The fourth-order valence-electron chi connectivity index (χ4n) is 2.95. The summed E-state index contributed by atoms with van der Waals surface area (Å²) in [7, 11) is 2.17. The van der Waals surface area contributed by atoms with Gasteiger partial charge in [-0.25, -0.2) is 0 Å². The summed E-state index contributed by atoms with van der Waals surface area (Å²) < 4.78 is 5.28. The number of likely N-dealkylation sites (tertiary alicyclic amines) is 1. The summed E-state index contributed by atoms with van der Waals surface area (Å²) in [5.41, 5.74) is 0. The highest BCUT2D eigenvalue weighted by molar-refractivity contribution is 5.78. The van der Waals surface area contributed by atoms with Gasteiger partial charge in [0.15, 0.2) is 0 Å². The minimum Gasteiger partial charge on any atom is -0.381 e. The largest absolute Gasteiger partial charge is 0.381 e. The van der Waals surface area contributed by atoms with E-state index < -0.39 is 0 Å². The van der Waals surface area contributed by atoms with Gasteiger partial charge < -0.3 is 20.3 Å². The number of hydrogen-bond acceptors (Lipinski definition) is 4. The first-order valence-electron chi connectivity index (χ1n) is 7.50. The third kappa shape index (κ3) is 5.47. The minimum atomic E-state index is 0.121. The third-order valence-corrected chi connectivity index (χ3v) is 4.03. The van der Waals surface area contributed by atoms with Crippen LogP contribution in [-0.2, 0) is 9.53 Å². The maximum Gasteiger partial charge on any atom is 0.234 e. The highest BCUT2D eigenvalue weighted by Gasteiger charge is 2.18. The molecule has 2 N–H and O–H groups in total. The van der Waals surface area contributed by atoms with Crippen LogP contribution < -0.4 is 10.6 Å². The van der Waals surface area contributed by atoms with Crippen LogP contribution in [0.4, 0.5) is 0 Å². The van der Waals surface area contributed by atoms with Gasteiger partial charge in [-0.05, 0) is 51.7 Å². The highest BCUT2D eigenvalue weighted by Crippen LogP contribution is 2.13. The molecule has 5 heteroatoms.